The van der Waals surface area contributed by atoms with E-state index in [4.69, 9.17) is 4.42 Å². The third-order valence-corrected chi connectivity index (χ3v) is 4.50. The molecule has 1 aliphatic carbocycles. The Labute approximate surface area is 146 Å². The lowest BCUT2D eigenvalue weighted by Gasteiger charge is -2.27. The Hall–Kier alpha value is -3.07. The number of hydrogen-bond donors (Lipinski definition) is 0. The number of nitrogens with zero attached hydrogens (tertiary/aromatic N) is 1. The van der Waals surface area contributed by atoms with Crippen molar-refractivity contribution in [2.45, 2.75) is 19.8 Å². The zero-order chi connectivity index (χ0) is 17.2. The fraction of sp³-hybridized carbons (Fsp3) is 0.136. The highest BCUT2D eigenvalue weighted by atomic mass is 16.4. The first kappa shape index (κ1) is 15.5. The van der Waals surface area contributed by atoms with Gasteiger partial charge in [-0.1, -0.05) is 36.4 Å². The van der Waals surface area contributed by atoms with Crippen molar-refractivity contribution in [1.29, 1.82) is 0 Å². The summed E-state index contributed by atoms with van der Waals surface area (Å²) in [5.41, 5.74) is 3.80. The van der Waals surface area contributed by atoms with Crippen LogP contribution in [0.5, 0.6) is 0 Å². The highest BCUT2D eigenvalue weighted by Gasteiger charge is 2.15. The van der Waals surface area contributed by atoms with Gasteiger partial charge in [0.05, 0.1) is 11.6 Å². The van der Waals surface area contributed by atoms with E-state index in [0.717, 1.165) is 40.9 Å². The quantitative estimate of drug-likeness (QED) is 0.638. The molecule has 0 atom stereocenters. The van der Waals surface area contributed by atoms with Gasteiger partial charge in [-0.2, -0.15) is 0 Å². The molecule has 2 aromatic carbocycles. The number of fused-ring (bicyclic) bond motifs is 1. The summed E-state index contributed by atoms with van der Waals surface area (Å²) in [7, 11) is 0. The highest BCUT2D eigenvalue weighted by Crippen LogP contribution is 2.33. The predicted molar refractivity (Wildman–Crippen MR) is 102 cm³/mol. The Balaban J connectivity index is 1.92. The SMILES string of the molecule is Cc1coc(=O)c2cc(N(C3=CCCC=C3)c3ccccc3)ccc12. The largest absolute Gasteiger partial charge is 0.431 e. The average Bonchev–Trinajstić information content (AvgIpc) is 2.67. The summed E-state index contributed by atoms with van der Waals surface area (Å²) in [5.74, 6) is 0. The Morgan fingerprint density at radius 3 is 2.56 bits per heavy atom. The number of allylic oxidation sites excluding steroid dienone is 3. The molecule has 1 aliphatic rings. The molecule has 0 aliphatic heterocycles. The first-order valence-corrected chi connectivity index (χ1v) is 8.48. The van der Waals surface area contributed by atoms with Gasteiger partial charge in [0.2, 0.25) is 0 Å². The van der Waals surface area contributed by atoms with Crippen LogP contribution in [0.4, 0.5) is 11.4 Å². The van der Waals surface area contributed by atoms with Crippen LogP contribution in [-0.2, 0) is 0 Å². The fourth-order valence-corrected chi connectivity index (χ4v) is 3.24. The Morgan fingerprint density at radius 1 is 0.960 bits per heavy atom. The van der Waals surface area contributed by atoms with Crippen molar-refractivity contribution in [2.75, 3.05) is 4.90 Å². The molecule has 0 N–H and O–H groups in total. The molecule has 0 fully saturated rings. The second-order valence-corrected chi connectivity index (χ2v) is 6.22. The number of hydrogen-bond acceptors (Lipinski definition) is 3. The van der Waals surface area contributed by atoms with Gasteiger partial charge in [0, 0.05) is 17.1 Å². The Kier molecular flexibility index (Phi) is 3.98. The number of benzene rings is 2. The zero-order valence-corrected chi connectivity index (χ0v) is 14.1. The lowest BCUT2D eigenvalue weighted by molar-refractivity contribution is 0.516. The molecule has 0 saturated carbocycles. The summed E-state index contributed by atoms with van der Waals surface area (Å²) < 4.78 is 5.15. The smallest absolute Gasteiger partial charge is 0.343 e. The minimum absolute atomic E-state index is 0.302. The van der Waals surface area contributed by atoms with Gasteiger partial charge >= 0.3 is 5.63 Å². The number of anilines is 2. The molecule has 0 spiro atoms. The first-order valence-electron chi connectivity index (χ1n) is 8.48. The maximum absolute atomic E-state index is 12.2. The van der Waals surface area contributed by atoms with E-state index in [1.807, 2.05) is 37.3 Å². The van der Waals surface area contributed by atoms with Crippen LogP contribution in [0, 0.1) is 6.92 Å². The molecular weight excluding hydrogens is 310 g/mol. The number of aryl methyl sites for hydroxylation is 1. The second kappa shape index (κ2) is 6.44. The summed E-state index contributed by atoms with van der Waals surface area (Å²) in [6.07, 6.45) is 10.2. The van der Waals surface area contributed by atoms with Crippen molar-refractivity contribution in [3.8, 4) is 0 Å². The van der Waals surface area contributed by atoms with Gasteiger partial charge in [-0.3, -0.25) is 0 Å². The van der Waals surface area contributed by atoms with Gasteiger partial charge < -0.3 is 9.32 Å². The molecule has 1 heterocycles. The van der Waals surface area contributed by atoms with E-state index in [1.54, 1.807) is 0 Å². The van der Waals surface area contributed by atoms with E-state index in [0.29, 0.717) is 5.39 Å². The van der Waals surface area contributed by atoms with Crippen molar-refractivity contribution >= 4 is 22.1 Å². The van der Waals surface area contributed by atoms with Gasteiger partial charge in [0.1, 0.15) is 0 Å². The minimum atomic E-state index is -0.302. The van der Waals surface area contributed by atoms with Crippen molar-refractivity contribution in [3.63, 3.8) is 0 Å². The number of rotatable bonds is 3. The van der Waals surface area contributed by atoms with Crippen LogP contribution < -0.4 is 10.5 Å². The van der Waals surface area contributed by atoms with E-state index >= 15 is 0 Å². The minimum Gasteiger partial charge on any atom is -0.431 e. The second-order valence-electron chi connectivity index (χ2n) is 6.22. The lowest BCUT2D eigenvalue weighted by atomic mass is 10.1. The maximum atomic E-state index is 12.2. The lowest BCUT2D eigenvalue weighted by Crippen LogP contribution is -2.16. The molecule has 0 bridgehead atoms. The summed E-state index contributed by atoms with van der Waals surface area (Å²) in [6, 6.07) is 16.2. The maximum Gasteiger partial charge on any atom is 0.343 e. The zero-order valence-electron chi connectivity index (χ0n) is 14.1. The van der Waals surface area contributed by atoms with Crippen LogP contribution in [-0.4, -0.2) is 0 Å². The van der Waals surface area contributed by atoms with Gasteiger partial charge in [-0.05, 0) is 61.1 Å². The standard InChI is InChI=1S/C22H19NO2/c1-16-15-25-22(24)21-14-19(12-13-20(16)21)23(17-8-4-2-5-9-17)18-10-6-3-7-11-18/h2,4-6,8-15H,3,7H2,1H3. The molecule has 1 aromatic heterocycles. The molecule has 0 amide bonds. The molecule has 4 rings (SSSR count). The van der Waals surface area contributed by atoms with Crippen LogP contribution in [0.3, 0.4) is 0 Å². The molecule has 124 valence electrons. The van der Waals surface area contributed by atoms with Crippen molar-refractivity contribution < 1.29 is 4.42 Å². The van der Waals surface area contributed by atoms with Crippen LogP contribution in [0.2, 0.25) is 0 Å². The van der Waals surface area contributed by atoms with E-state index in [2.05, 4.69) is 41.3 Å². The molecular formula is C22H19NO2. The highest BCUT2D eigenvalue weighted by molar-refractivity contribution is 5.89. The van der Waals surface area contributed by atoms with Crippen LogP contribution >= 0.6 is 0 Å². The molecule has 25 heavy (non-hydrogen) atoms. The van der Waals surface area contributed by atoms with E-state index < -0.39 is 0 Å². The van der Waals surface area contributed by atoms with Crippen LogP contribution in [0.25, 0.3) is 10.8 Å². The molecule has 0 radical (unpaired) electrons. The average molecular weight is 329 g/mol. The molecule has 3 heteroatoms. The third kappa shape index (κ3) is 2.89. The van der Waals surface area contributed by atoms with Crippen molar-refractivity contribution in [2.24, 2.45) is 0 Å². The summed E-state index contributed by atoms with van der Waals surface area (Å²) >= 11 is 0. The van der Waals surface area contributed by atoms with Gasteiger partial charge in [-0.15, -0.1) is 0 Å². The molecule has 3 aromatic rings. The summed E-state index contributed by atoms with van der Waals surface area (Å²) in [4.78, 5) is 14.4. The predicted octanol–water partition coefficient (Wildman–Crippen LogP) is 5.47. The van der Waals surface area contributed by atoms with E-state index in [1.165, 1.54) is 6.26 Å². The Bertz CT molecular complexity index is 1030. The first-order chi connectivity index (χ1) is 12.2. The number of para-hydroxylation sites is 1. The van der Waals surface area contributed by atoms with Crippen LogP contribution in [0.15, 0.2) is 87.9 Å². The van der Waals surface area contributed by atoms with Gasteiger partial charge in [0.15, 0.2) is 0 Å². The molecule has 3 nitrogen and oxygen atoms in total. The third-order valence-electron chi connectivity index (χ3n) is 4.50. The monoisotopic (exact) mass is 329 g/mol. The normalized spacial score (nSPS) is 13.7. The Morgan fingerprint density at radius 2 is 1.80 bits per heavy atom. The molecule has 0 unspecified atom stereocenters. The molecule has 0 saturated heterocycles. The summed E-state index contributed by atoms with van der Waals surface area (Å²) in [6.45, 7) is 1.95. The van der Waals surface area contributed by atoms with Gasteiger partial charge in [0.25, 0.3) is 0 Å². The van der Waals surface area contributed by atoms with E-state index in [-0.39, 0.29) is 5.63 Å². The van der Waals surface area contributed by atoms with Crippen molar-refractivity contribution in [3.05, 3.63) is 94.7 Å². The van der Waals surface area contributed by atoms with Gasteiger partial charge in [-0.25, -0.2) is 4.79 Å². The van der Waals surface area contributed by atoms with E-state index in [9.17, 15) is 4.79 Å². The van der Waals surface area contributed by atoms with Crippen molar-refractivity contribution in [1.82, 2.24) is 0 Å². The summed E-state index contributed by atoms with van der Waals surface area (Å²) in [5, 5.41) is 1.54. The topological polar surface area (TPSA) is 33.5 Å². The van der Waals surface area contributed by atoms with Crippen LogP contribution in [0.1, 0.15) is 18.4 Å². The fourth-order valence-electron chi connectivity index (χ4n) is 3.24.